The summed E-state index contributed by atoms with van der Waals surface area (Å²) in [5.74, 6) is 0.725. The summed E-state index contributed by atoms with van der Waals surface area (Å²) in [4.78, 5) is 4.38. The lowest BCUT2D eigenvalue weighted by molar-refractivity contribution is 0.416. The van der Waals surface area contributed by atoms with Crippen molar-refractivity contribution >= 4 is 22.9 Å². The van der Waals surface area contributed by atoms with Gasteiger partial charge in [0.15, 0.2) is 0 Å². The van der Waals surface area contributed by atoms with Gasteiger partial charge in [-0.1, -0.05) is 11.6 Å². The Morgan fingerprint density at radius 1 is 1.53 bits per heavy atom. The molecule has 0 unspecified atom stereocenters. The highest BCUT2D eigenvalue weighted by Gasteiger charge is 2.10. The molecule has 1 heterocycles. The molecule has 1 aromatic heterocycles. The molecule has 2 aromatic rings. The van der Waals surface area contributed by atoms with E-state index in [-0.39, 0.29) is 0 Å². The number of nitriles is 1. The maximum atomic E-state index is 8.62. The van der Waals surface area contributed by atoms with E-state index in [1.165, 1.54) is 11.3 Å². The van der Waals surface area contributed by atoms with E-state index in [0.717, 1.165) is 22.0 Å². The van der Waals surface area contributed by atoms with Gasteiger partial charge in [0.05, 0.1) is 25.3 Å². The van der Waals surface area contributed by atoms with Gasteiger partial charge in [0.2, 0.25) is 0 Å². The van der Waals surface area contributed by atoms with Gasteiger partial charge in [-0.3, -0.25) is 0 Å². The number of halogens is 1. The molecule has 0 saturated carbocycles. The second kappa shape index (κ2) is 5.17. The third-order valence-corrected chi connectivity index (χ3v) is 3.30. The Morgan fingerprint density at radius 2 is 2.35 bits per heavy atom. The van der Waals surface area contributed by atoms with Crippen LogP contribution in [0.1, 0.15) is 5.01 Å². The lowest BCUT2D eigenvalue weighted by Crippen LogP contribution is -1.88. The number of benzene rings is 1. The van der Waals surface area contributed by atoms with Crippen LogP contribution >= 0.6 is 22.9 Å². The van der Waals surface area contributed by atoms with Crippen LogP contribution in [-0.4, -0.2) is 12.1 Å². The Kier molecular flexibility index (Phi) is 3.62. The fourth-order valence-corrected chi connectivity index (χ4v) is 2.36. The highest BCUT2D eigenvalue weighted by Crippen LogP contribution is 2.33. The second-order valence-electron chi connectivity index (χ2n) is 3.31. The summed E-state index contributed by atoms with van der Waals surface area (Å²) >= 11 is 7.42. The average molecular weight is 265 g/mol. The van der Waals surface area contributed by atoms with Crippen molar-refractivity contribution in [3.63, 3.8) is 0 Å². The van der Waals surface area contributed by atoms with Crippen LogP contribution in [0.15, 0.2) is 23.6 Å². The van der Waals surface area contributed by atoms with Gasteiger partial charge in [-0.25, -0.2) is 4.98 Å². The lowest BCUT2D eigenvalue weighted by atomic mass is 10.1. The van der Waals surface area contributed by atoms with Crippen LogP contribution in [0, 0.1) is 11.3 Å². The minimum atomic E-state index is 0.327. The Morgan fingerprint density at radius 3 is 3.06 bits per heavy atom. The van der Waals surface area contributed by atoms with Crippen molar-refractivity contribution in [3.8, 4) is 23.1 Å². The minimum absolute atomic E-state index is 0.327. The molecule has 0 aliphatic heterocycles. The van der Waals surface area contributed by atoms with Crippen LogP contribution in [-0.2, 0) is 6.42 Å². The van der Waals surface area contributed by atoms with E-state index in [1.54, 1.807) is 19.2 Å². The standard InChI is InChI=1S/C12H9ClN2OS/c1-16-11-3-2-8(13)6-9(11)10-7-17-12(15-10)4-5-14/h2-3,6-7H,4H2,1H3. The van der Waals surface area contributed by atoms with E-state index in [4.69, 9.17) is 21.6 Å². The van der Waals surface area contributed by atoms with Crippen LogP contribution < -0.4 is 4.74 Å². The number of hydrogen-bond acceptors (Lipinski definition) is 4. The summed E-state index contributed by atoms with van der Waals surface area (Å²) in [7, 11) is 1.61. The first-order valence-electron chi connectivity index (χ1n) is 4.90. The number of hydrogen-bond donors (Lipinski definition) is 0. The van der Waals surface area contributed by atoms with Crippen LogP contribution in [0.25, 0.3) is 11.3 Å². The van der Waals surface area contributed by atoms with E-state index >= 15 is 0 Å². The monoisotopic (exact) mass is 264 g/mol. The summed E-state index contributed by atoms with van der Waals surface area (Å²) in [5, 5.41) is 11.9. The molecule has 5 heteroatoms. The highest BCUT2D eigenvalue weighted by molar-refractivity contribution is 7.10. The van der Waals surface area contributed by atoms with Gasteiger partial charge in [0.1, 0.15) is 10.8 Å². The number of aromatic nitrogens is 1. The van der Waals surface area contributed by atoms with Gasteiger partial charge in [0.25, 0.3) is 0 Å². The Bertz CT molecular complexity index is 574. The van der Waals surface area contributed by atoms with Crippen molar-refractivity contribution in [2.24, 2.45) is 0 Å². The van der Waals surface area contributed by atoms with Crippen LogP contribution in [0.5, 0.6) is 5.75 Å². The molecule has 86 valence electrons. The molecule has 3 nitrogen and oxygen atoms in total. The number of ether oxygens (including phenoxy) is 1. The zero-order chi connectivity index (χ0) is 12.3. The summed E-state index contributed by atoms with van der Waals surface area (Å²) in [6, 6.07) is 7.47. The number of thiazole rings is 1. The van der Waals surface area contributed by atoms with Crippen molar-refractivity contribution < 1.29 is 4.74 Å². The zero-order valence-electron chi connectivity index (χ0n) is 9.11. The third kappa shape index (κ3) is 2.57. The van der Waals surface area contributed by atoms with E-state index in [9.17, 15) is 0 Å². The number of rotatable bonds is 3. The summed E-state index contributed by atoms with van der Waals surface area (Å²) in [5.41, 5.74) is 1.64. The minimum Gasteiger partial charge on any atom is -0.496 e. The predicted molar refractivity (Wildman–Crippen MR) is 68.4 cm³/mol. The van der Waals surface area contributed by atoms with E-state index in [1.807, 2.05) is 11.4 Å². The van der Waals surface area contributed by atoms with Crippen molar-refractivity contribution in [2.45, 2.75) is 6.42 Å². The molecule has 0 N–H and O–H groups in total. The fourth-order valence-electron chi connectivity index (χ4n) is 1.46. The molecular weight excluding hydrogens is 256 g/mol. The largest absolute Gasteiger partial charge is 0.496 e. The van der Waals surface area contributed by atoms with Gasteiger partial charge in [-0.05, 0) is 18.2 Å². The van der Waals surface area contributed by atoms with Gasteiger partial charge >= 0.3 is 0 Å². The molecule has 0 spiro atoms. The summed E-state index contributed by atoms with van der Waals surface area (Å²) in [6.07, 6.45) is 0.327. The van der Waals surface area contributed by atoms with Crippen LogP contribution in [0.2, 0.25) is 5.02 Å². The fraction of sp³-hybridized carbons (Fsp3) is 0.167. The molecule has 17 heavy (non-hydrogen) atoms. The van der Waals surface area contributed by atoms with Crippen molar-refractivity contribution in [3.05, 3.63) is 33.6 Å². The Balaban J connectivity index is 2.44. The molecule has 0 saturated heterocycles. The second-order valence-corrected chi connectivity index (χ2v) is 4.69. The SMILES string of the molecule is COc1ccc(Cl)cc1-c1csc(CC#N)n1. The predicted octanol–water partition coefficient (Wildman–Crippen LogP) is 3.54. The lowest BCUT2D eigenvalue weighted by Gasteiger charge is -2.06. The quantitative estimate of drug-likeness (QED) is 0.852. The number of nitrogens with zero attached hydrogens (tertiary/aromatic N) is 2. The first-order chi connectivity index (χ1) is 8.24. The van der Waals surface area contributed by atoms with Crippen molar-refractivity contribution in [1.82, 2.24) is 4.98 Å². The maximum absolute atomic E-state index is 8.62. The van der Waals surface area contributed by atoms with E-state index in [2.05, 4.69) is 11.1 Å². The molecular formula is C12H9ClN2OS. The average Bonchev–Trinajstić information content (AvgIpc) is 2.78. The molecule has 0 fully saturated rings. The number of methoxy groups -OCH3 is 1. The van der Waals surface area contributed by atoms with Gasteiger partial charge in [-0.15, -0.1) is 11.3 Å². The Labute approximate surface area is 108 Å². The normalized spacial score (nSPS) is 9.94. The smallest absolute Gasteiger partial charge is 0.128 e. The highest BCUT2D eigenvalue weighted by atomic mass is 35.5. The van der Waals surface area contributed by atoms with Gasteiger partial charge in [-0.2, -0.15) is 5.26 Å². The topological polar surface area (TPSA) is 45.9 Å². The van der Waals surface area contributed by atoms with Crippen LogP contribution in [0.4, 0.5) is 0 Å². The molecule has 0 aliphatic carbocycles. The molecule has 1 aromatic carbocycles. The molecule has 0 bridgehead atoms. The summed E-state index contributed by atoms with van der Waals surface area (Å²) in [6.45, 7) is 0. The van der Waals surface area contributed by atoms with Gasteiger partial charge in [0, 0.05) is 16.0 Å². The first kappa shape index (κ1) is 11.9. The maximum Gasteiger partial charge on any atom is 0.128 e. The first-order valence-corrected chi connectivity index (χ1v) is 6.15. The van der Waals surface area contributed by atoms with E-state index < -0.39 is 0 Å². The zero-order valence-corrected chi connectivity index (χ0v) is 10.7. The molecule has 0 aliphatic rings. The van der Waals surface area contributed by atoms with E-state index in [0.29, 0.717) is 11.4 Å². The van der Waals surface area contributed by atoms with Crippen molar-refractivity contribution in [1.29, 1.82) is 5.26 Å². The summed E-state index contributed by atoms with van der Waals surface area (Å²) < 4.78 is 5.26. The van der Waals surface area contributed by atoms with Crippen molar-refractivity contribution in [2.75, 3.05) is 7.11 Å². The van der Waals surface area contributed by atoms with Gasteiger partial charge < -0.3 is 4.74 Å². The van der Waals surface area contributed by atoms with Crippen LogP contribution in [0.3, 0.4) is 0 Å². The molecule has 0 radical (unpaired) electrons. The Hall–Kier alpha value is -1.57. The molecule has 0 atom stereocenters. The molecule has 0 amide bonds. The third-order valence-electron chi connectivity index (χ3n) is 2.22. The molecule has 2 rings (SSSR count).